The van der Waals surface area contributed by atoms with Gasteiger partial charge >= 0.3 is 0 Å². The van der Waals surface area contributed by atoms with Crippen LogP contribution in [0.1, 0.15) is 11.3 Å². The van der Waals surface area contributed by atoms with Crippen LogP contribution in [0.5, 0.6) is 0 Å². The minimum atomic E-state index is 0.736. The number of imidazole rings is 1. The summed E-state index contributed by atoms with van der Waals surface area (Å²) in [5.41, 5.74) is 3.14. The molecule has 0 fully saturated rings. The Morgan fingerprint density at radius 3 is 2.70 bits per heavy atom. The lowest BCUT2D eigenvalue weighted by Crippen LogP contribution is -2.14. The van der Waals surface area contributed by atoms with E-state index in [9.17, 15) is 0 Å². The predicted molar refractivity (Wildman–Crippen MR) is 82.7 cm³/mol. The van der Waals surface area contributed by atoms with Gasteiger partial charge in [0.1, 0.15) is 4.60 Å². The molecule has 3 aromatic rings. The van der Waals surface area contributed by atoms with E-state index in [1.54, 1.807) is 6.20 Å². The van der Waals surface area contributed by atoms with Gasteiger partial charge in [0.25, 0.3) is 0 Å². The molecule has 3 rings (SSSR count). The number of nitrogens with zero attached hydrogens (tertiary/aromatic N) is 3. The third kappa shape index (κ3) is 3.00. The van der Waals surface area contributed by atoms with Crippen molar-refractivity contribution in [2.45, 2.75) is 13.1 Å². The lowest BCUT2D eigenvalue weighted by atomic mass is 10.2. The molecule has 102 valence electrons. The zero-order chi connectivity index (χ0) is 13.9. The highest BCUT2D eigenvalue weighted by atomic mass is 79.9. The molecule has 0 saturated carbocycles. The van der Waals surface area contributed by atoms with E-state index in [1.165, 1.54) is 5.56 Å². The fourth-order valence-electron chi connectivity index (χ4n) is 1.98. The molecule has 0 amide bonds. The molecule has 2 aromatic heterocycles. The zero-order valence-corrected chi connectivity index (χ0v) is 12.9. The standard InChI is InChI=1S/C14H12BrClN4/c15-13-9-20-12(7-19-14(20)8-18-13)6-17-5-10-1-3-11(16)4-2-10/h1-4,7-9,17H,5-6H2. The molecule has 0 radical (unpaired) electrons. The number of hydrogen-bond donors (Lipinski definition) is 1. The van der Waals surface area contributed by atoms with Gasteiger partial charge < -0.3 is 5.32 Å². The highest BCUT2D eigenvalue weighted by Crippen LogP contribution is 2.12. The maximum Gasteiger partial charge on any atom is 0.155 e. The van der Waals surface area contributed by atoms with E-state index in [0.29, 0.717) is 0 Å². The van der Waals surface area contributed by atoms with Crippen molar-refractivity contribution in [1.29, 1.82) is 0 Å². The lowest BCUT2D eigenvalue weighted by Gasteiger charge is -2.05. The van der Waals surface area contributed by atoms with Crippen LogP contribution in [0.4, 0.5) is 0 Å². The molecule has 0 aliphatic rings. The monoisotopic (exact) mass is 350 g/mol. The van der Waals surface area contributed by atoms with Crippen LogP contribution < -0.4 is 5.32 Å². The quantitative estimate of drug-likeness (QED) is 0.783. The summed E-state index contributed by atoms with van der Waals surface area (Å²) in [4.78, 5) is 8.48. The van der Waals surface area contributed by atoms with Gasteiger partial charge in [-0.3, -0.25) is 4.40 Å². The first-order chi connectivity index (χ1) is 9.72. The molecule has 0 spiro atoms. The summed E-state index contributed by atoms with van der Waals surface area (Å²) >= 11 is 9.24. The molecule has 4 nitrogen and oxygen atoms in total. The van der Waals surface area contributed by atoms with Gasteiger partial charge in [-0.05, 0) is 33.6 Å². The summed E-state index contributed by atoms with van der Waals surface area (Å²) in [5.74, 6) is 0. The van der Waals surface area contributed by atoms with Crippen molar-refractivity contribution >= 4 is 33.2 Å². The Hall–Kier alpha value is -1.43. The molecular weight excluding hydrogens is 340 g/mol. The summed E-state index contributed by atoms with van der Waals surface area (Å²) in [6, 6.07) is 7.83. The average Bonchev–Trinajstić information content (AvgIpc) is 2.84. The van der Waals surface area contributed by atoms with Crippen molar-refractivity contribution in [2.75, 3.05) is 0 Å². The van der Waals surface area contributed by atoms with Crippen LogP contribution in [0.15, 0.2) is 47.5 Å². The van der Waals surface area contributed by atoms with Crippen molar-refractivity contribution in [3.8, 4) is 0 Å². The molecular formula is C14H12BrClN4. The Morgan fingerprint density at radius 1 is 1.10 bits per heavy atom. The average molecular weight is 352 g/mol. The second kappa shape index (κ2) is 5.91. The predicted octanol–water partition coefficient (Wildman–Crippen LogP) is 3.44. The Morgan fingerprint density at radius 2 is 1.90 bits per heavy atom. The Kier molecular flexibility index (Phi) is 4.00. The van der Waals surface area contributed by atoms with Gasteiger partial charge in [0.2, 0.25) is 0 Å². The van der Waals surface area contributed by atoms with Gasteiger partial charge in [0.05, 0.1) is 18.1 Å². The number of nitrogens with one attached hydrogen (secondary N) is 1. The van der Waals surface area contributed by atoms with E-state index >= 15 is 0 Å². The fourth-order valence-corrected chi connectivity index (χ4v) is 2.42. The maximum absolute atomic E-state index is 5.86. The summed E-state index contributed by atoms with van der Waals surface area (Å²) in [5, 5.41) is 4.15. The van der Waals surface area contributed by atoms with Gasteiger partial charge in [0, 0.05) is 24.3 Å². The van der Waals surface area contributed by atoms with Crippen LogP contribution in [0, 0.1) is 0 Å². The van der Waals surface area contributed by atoms with Gasteiger partial charge in [-0.2, -0.15) is 0 Å². The van der Waals surface area contributed by atoms with Crippen LogP contribution in [0.3, 0.4) is 0 Å². The third-order valence-corrected chi connectivity index (χ3v) is 3.65. The molecule has 0 unspecified atom stereocenters. The first kappa shape index (κ1) is 13.5. The second-order valence-electron chi connectivity index (χ2n) is 4.42. The Bertz CT molecular complexity index is 724. The summed E-state index contributed by atoms with van der Waals surface area (Å²) in [6.07, 6.45) is 5.52. The molecule has 1 aromatic carbocycles. The number of benzene rings is 1. The molecule has 1 N–H and O–H groups in total. The van der Waals surface area contributed by atoms with Crippen LogP contribution in [0.25, 0.3) is 5.65 Å². The summed E-state index contributed by atoms with van der Waals surface area (Å²) < 4.78 is 2.81. The third-order valence-electron chi connectivity index (χ3n) is 2.99. The first-order valence-corrected chi connectivity index (χ1v) is 7.32. The van der Waals surface area contributed by atoms with Gasteiger partial charge in [-0.1, -0.05) is 23.7 Å². The highest BCUT2D eigenvalue weighted by molar-refractivity contribution is 9.10. The van der Waals surface area contributed by atoms with Crippen LogP contribution >= 0.6 is 27.5 Å². The molecule has 0 aliphatic heterocycles. The van der Waals surface area contributed by atoms with Gasteiger partial charge in [-0.15, -0.1) is 0 Å². The maximum atomic E-state index is 5.86. The largest absolute Gasteiger partial charge is 0.307 e. The smallest absolute Gasteiger partial charge is 0.155 e. The van der Waals surface area contributed by atoms with Crippen molar-refractivity contribution in [3.63, 3.8) is 0 Å². The van der Waals surface area contributed by atoms with Crippen LogP contribution in [-0.4, -0.2) is 14.4 Å². The number of halogens is 2. The number of hydrogen-bond acceptors (Lipinski definition) is 3. The van der Waals surface area contributed by atoms with E-state index < -0.39 is 0 Å². The number of aromatic nitrogens is 3. The molecule has 0 aliphatic carbocycles. The highest BCUT2D eigenvalue weighted by Gasteiger charge is 2.04. The molecule has 0 saturated heterocycles. The SMILES string of the molecule is Clc1ccc(CNCc2cnc3cnc(Br)cn23)cc1. The normalized spacial score (nSPS) is 11.1. The van der Waals surface area contributed by atoms with E-state index in [1.807, 2.05) is 41.1 Å². The van der Waals surface area contributed by atoms with Crippen molar-refractivity contribution in [3.05, 3.63) is 63.7 Å². The van der Waals surface area contributed by atoms with E-state index in [4.69, 9.17) is 11.6 Å². The minimum Gasteiger partial charge on any atom is -0.307 e. The van der Waals surface area contributed by atoms with Crippen LogP contribution in [0.2, 0.25) is 5.02 Å². The molecule has 6 heteroatoms. The van der Waals surface area contributed by atoms with E-state index in [0.717, 1.165) is 34.1 Å². The van der Waals surface area contributed by atoms with E-state index in [2.05, 4.69) is 31.2 Å². The summed E-state index contributed by atoms with van der Waals surface area (Å²) in [6.45, 7) is 1.52. The Balaban J connectivity index is 1.68. The molecule has 20 heavy (non-hydrogen) atoms. The zero-order valence-electron chi connectivity index (χ0n) is 10.6. The minimum absolute atomic E-state index is 0.736. The lowest BCUT2D eigenvalue weighted by molar-refractivity contribution is 0.675. The van der Waals surface area contributed by atoms with Crippen molar-refractivity contribution in [2.24, 2.45) is 0 Å². The summed E-state index contributed by atoms with van der Waals surface area (Å²) in [7, 11) is 0. The van der Waals surface area contributed by atoms with E-state index in [-0.39, 0.29) is 0 Å². The fraction of sp³-hybridized carbons (Fsp3) is 0.143. The second-order valence-corrected chi connectivity index (χ2v) is 5.67. The molecule has 0 bridgehead atoms. The van der Waals surface area contributed by atoms with Crippen molar-refractivity contribution in [1.82, 2.24) is 19.7 Å². The van der Waals surface area contributed by atoms with Crippen molar-refractivity contribution < 1.29 is 0 Å². The van der Waals surface area contributed by atoms with Crippen LogP contribution in [-0.2, 0) is 13.1 Å². The number of fused-ring (bicyclic) bond motifs is 1. The topological polar surface area (TPSA) is 42.2 Å². The first-order valence-electron chi connectivity index (χ1n) is 6.15. The Labute approximate surface area is 129 Å². The number of rotatable bonds is 4. The molecule has 2 heterocycles. The molecule has 0 atom stereocenters. The van der Waals surface area contributed by atoms with Gasteiger partial charge in [-0.25, -0.2) is 9.97 Å². The van der Waals surface area contributed by atoms with Gasteiger partial charge in [0.15, 0.2) is 5.65 Å².